The summed E-state index contributed by atoms with van der Waals surface area (Å²) in [7, 11) is 2.09. The third-order valence-electron chi connectivity index (χ3n) is 3.75. The van der Waals surface area contributed by atoms with Gasteiger partial charge in [0.05, 0.1) is 11.4 Å². The van der Waals surface area contributed by atoms with Crippen molar-refractivity contribution >= 4 is 17.3 Å². The molecular weight excluding hydrogens is 238 g/mol. The molecule has 1 amide bonds. The average molecular weight is 261 g/mol. The molecule has 1 saturated carbocycles. The maximum absolute atomic E-state index is 11.8. The number of para-hydroxylation sites is 2. The van der Waals surface area contributed by atoms with Gasteiger partial charge in [0.1, 0.15) is 0 Å². The van der Waals surface area contributed by atoms with E-state index in [0.717, 1.165) is 19.0 Å². The molecule has 1 fully saturated rings. The number of nitrogens with one attached hydrogen (secondary N) is 1. The van der Waals surface area contributed by atoms with Gasteiger partial charge in [-0.1, -0.05) is 18.6 Å². The smallest absolute Gasteiger partial charge is 0.225 e. The molecule has 0 radical (unpaired) electrons. The molecule has 1 aromatic carbocycles. The second kappa shape index (κ2) is 6.57. The minimum atomic E-state index is 0.0263. The Morgan fingerprint density at radius 3 is 2.79 bits per heavy atom. The van der Waals surface area contributed by atoms with Gasteiger partial charge in [-0.25, -0.2) is 0 Å². The summed E-state index contributed by atoms with van der Waals surface area (Å²) in [5.74, 6) is 0.871. The number of anilines is 2. The van der Waals surface area contributed by atoms with Gasteiger partial charge in [-0.2, -0.15) is 0 Å². The summed E-state index contributed by atoms with van der Waals surface area (Å²) < 4.78 is 0. The summed E-state index contributed by atoms with van der Waals surface area (Å²) >= 11 is 0. The molecule has 1 aromatic rings. The largest absolute Gasteiger partial charge is 0.397 e. The molecule has 1 aliphatic rings. The van der Waals surface area contributed by atoms with Crippen LogP contribution < -0.4 is 11.1 Å². The van der Waals surface area contributed by atoms with Gasteiger partial charge in [0.2, 0.25) is 5.91 Å². The number of hydrogen-bond acceptors (Lipinski definition) is 3. The van der Waals surface area contributed by atoms with Crippen molar-refractivity contribution in [1.82, 2.24) is 4.90 Å². The van der Waals surface area contributed by atoms with E-state index in [1.54, 1.807) is 6.07 Å². The van der Waals surface area contributed by atoms with Gasteiger partial charge < -0.3 is 16.0 Å². The highest BCUT2D eigenvalue weighted by molar-refractivity contribution is 5.93. The summed E-state index contributed by atoms with van der Waals surface area (Å²) in [6.45, 7) is 1.91. The van der Waals surface area contributed by atoms with Crippen LogP contribution in [0.1, 0.15) is 25.7 Å². The summed E-state index contributed by atoms with van der Waals surface area (Å²) in [6, 6.07) is 7.34. The van der Waals surface area contributed by atoms with Crippen LogP contribution >= 0.6 is 0 Å². The molecule has 0 spiro atoms. The van der Waals surface area contributed by atoms with E-state index in [-0.39, 0.29) is 5.91 Å². The number of nitrogens with zero attached hydrogens (tertiary/aromatic N) is 1. The normalized spacial score (nSPS) is 15.3. The average Bonchev–Trinajstić information content (AvgIpc) is 2.34. The topological polar surface area (TPSA) is 58.4 Å². The Morgan fingerprint density at radius 1 is 1.42 bits per heavy atom. The van der Waals surface area contributed by atoms with Crippen LogP contribution in [0.2, 0.25) is 0 Å². The lowest BCUT2D eigenvalue weighted by molar-refractivity contribution is -0.116. The lowest BCUT2D eigenvalue weighted by Crippen LogP contribution is -2.31. The molecule has 0 aliphatic heterocycles. The Balaban J connectivity index is 1.70. The number of benzene rings is 1. The van der Waals surface area contributed by atoms with Crippen LogP contribution in [-0.4, -0.2) is 30.9 Å². The van der Waals surface area contributed by atoms with Gasteiger partial charge in [0.25, 0.3) is 0 Å². The molecule has 4 nitrogen and oxygen atoms in total. The SMILES string of the molecule is CN(CCC(=O)Nc1ccccc1N)CC1CCC1. The first-order valence-electron chi connectivity index (χ1n) is 6.98. The molecule has 19 heavy (non-hydrogen) atoms. The van der Waals surface area contributed by atoms with Crippen molar-refractivity contribution in [2.45, 2.75) is 25.7 Å². The number of rotatable bonds is 6. The van der Waals surface area contributed by atoms with Crippen molar-refractivity contribution in [2.24, 2.45) is 5.92 Å². The first-order chi connectivity index (χ1) is 9.15. The number of carbonyl (C=O) groups excluding carboxylic acids is 1. The highest BCUT2D eigenvalue weighted by Gasteiger charge is 2.19. The summed E-state index contributed by atoms with van der Waals surface area (Å²) in [5.41, 5.74) is 7.10. The maximum atomic E-state index is 11.8. The van der Waals surface area contributed by atoms with Crippen molar-refractivity contribution in [2.75, 3.05) is 31.2 Å². The minimum Gasteiger partial charge on any atom is -0.397 e. The molecular formula is C15H23N3O. The van der Waals surface area contributed by atoms with Crippen LogP contribution in [0.15, 0.2) is 24.3 Å². The lowest BCUT2D eigenvalue weighted by Gasteiger charge is -2.29. The van der Waals surface area contributed by atoms with Gasteiger partial charge in [-0.15, -0.1) is 0 Å². The fourth-order valence-corrected chi connectivity index (χ4v) is 2.32. The molecule has 2 rings (SSSR count). The molecule has 0 heterocycles. The Labute approximate surface area is 115 Å². The molecule has 4 heteroatoms. The van der Waals surface area contributed by atoms with Crippen LogP contribution in [0.25, 0.3) is 0 Å². The Hall–Kier alpha value is -1.55. The summed E-state index contributed by atoms with van der Waals surface area (Å²) in [5, 5.41) is 2.86. The Bertz CT molecular complexity index is 429. The van der Waals surface area contributed by atoms with E-state index in [1.807, 2.05) is 18.2 Å². The van der Waals surface area contributed by atoms with E-state index in [4.69, 9.17) is 5.73 Å². The molecule has 104 valence electrons. The summed E-state index contributed by atoms with van der Waals surface area (Å²) in [4.78, 5) is 14.1. The van der Waals surface area contributed by atoms with E-state index >= 15 is 0 Å². The molecule has 3 N–H and O–H groups in total. The van der Waals surface area contributed by atoms with Gasteiger partial charge in [-0.3, -0.25) is 4.79 Å². The summed E-state index contributed by atoms with van der Waals surface area (Å²) in [6.07, 6.45) is 4.57. The van der Waals surface area contributed by atoms with Gasteiger partial charge in [0, 0.05) is 19.5 Å². The van der Waals surface area contributed by atoms with Gasteiger partial charge in [0.15, 0.2) is 0 Å². The highest BCUT2D eigenvalue weighted by atomic mass is 16.1. The van der Waals surface area contributed by atoms with E-state index < -0.39 is 0 Å². The number of nitrogens with two attached hydrogens (primary N) is 1. The molecule has 0 bridgehead atoms. The van der Waals surface area contributed by atoms with Crippen molar-refractivity contribution in [1.29, 1.82) is 0 Å². The molecule has 0 unspecified atom stereocenters. The first kappa shape index (κ1) is 13.9. The lowest BCUT2D eigenvalue weighted by atomic mass is 9.85. The monoisotopic (exact) mass is 261 g/mol. The van der Waals surface area contributed by atoms with Crippen LogP contribution in [0.4, 0.5) is 11.4 Å². The third-order valence-corrected chi connectivity index (χ3v) is 3.75. The van der Waals surface area contributed by atoms with Crippen LogP contribution in [0.3, 0.4) is 0 Å². The highest BCUT2D eigenvalue weighted by Crippen LogP contribution is 2.26. The predicted octanol–water partition coefficient (Wildman–Crippen LogP) is 2.33. The fraction of sp³-hybridized carbons (Fsp3) is 0.533. The molecule has 0 aromatic heterocycles. The molecule has 1 aliphatic carbocycles. The quantitative estimate of drug-likeness (QED) is 0.773. The van der Waals surface area contributed by atoms with Crippen LogP contribution in [0.5, 0.6) is 0 Å². The zero-order valence-electron chi connectivity index (χ0n) is 11.6. The minimum absolute atomic E-state index is 0.0263. The predicted molar refractivity (Wildman–Crippen MR) is 78.9 cm³/mol. The zero-order valence-corrected chi connectivity index (χ0v) is 11.6. The zero-order chi connectivity index (χ0) is 13.7. The number of amides is 1. The number of hydrogen-bond donors (Lipinski definition) is 2. The van der Waals surface area contributed by atoms with Crippen molar-refractivity contribution in [3.63, 3.8) is 0 Å². The van der Waals surface area contributed by atoms with Crippen molar-refractivity contribution < 1.29 is 4.79 Å². The van der Waals surface area contributed by atoms with Crippen molar-refractivity contribution in [3.8, 4) is 0 Å². The van der Waals surface area contributed by atoms with Crippen LogP contribution in [0, 0.1) is 5.92 Å². The Kier molecular flexibility index (Phi) is 4.80. The number of carbonyl (C=O) groups is 1. The standard InChI is InChI=1S/C15H23N3O/c1-18(11-12-5-4-6-12)10-9-15(19)17-14-8-3-2-7-13(14)16/h2-3,7-8,12H,4-6,9-11,16H2,1H3,(H,17,19). The second-order valence-electron chi connectivity index (χ2n) is 5.44. The van der Waals surface area contributed by atoms with Gasteiger partial charge in [-0.05, 0) is 37.9 Å². The van der Waals surface area contributed by atoms with Crippen molar-refractivity contribution in [3.05, 3.63) is 24.3 Å². The Morgan fingerprint density at radius 2 is 2.16 bits per heavy atom. The molecule has 0 atom stereocenters. The fourth-order valence-electron chi connectivity index (χ4n) is 2.32. The van der Waals surface area contributed by atoms with E-state index in [1.165, 1.54) is 19.3 Å². The third kappa shape index (κ3) is 4.24. The number of nitrogen functional groups attached to an aromatic ring is 1. The van der Waals surface area contributed by atoms with E-state index in [0.29, 0.717) is 17.8 Å². The van der Waals surface area contributed by atoms with Crippen LogP contribution in [-0.2, 0) is 4.79 Å². The van der Waals surface area contributed by atoms with E-state index in [9.17, 15) is 4.79 Å². The van der Waals surface area contributed by atoms with E-state index in [2.05, 4.69) is 17.3 Å². The second-order valence-corrected chi connectivity index (χ2v) is 5.44. The maximum Gasteiger partial charge on any atom is 0.225 e. The molecule has 0 saturated heterocycles. The van der Waals surface area contributed by atoms with Gasteiger partial charge >= 0.3 is 0 Å². The first-order valence-corrected chi connectivity index (χ1v) is 6.98.